The first-order valence-electron chi connectivity index (χ1n) is 9.58. The minimum absolute atomic E-state index is 0.0587. The molecule has 1 aromatic heterocycles. The van der Waals surface area contributed by atoms with Crippen LogP contribution in [0.25, 0.3) is 0 Å². The van der Waals surface area contributed by atoms with E-state index >= 15 is 0 Å². The van der Waals surface area contributed by atoms with E-state index in [9.17, 15) is 18.4 Å². The zero-order valence-electron chi connectivity index (χ0n) is 16.3. The van der Waals surface area contributed by atoms with Gasteiger partial charge in [-0.3, -0.25) is 9.59 Å². The summed E-state index contributed by atoms with van der Waals surface area (Å²) < 4.78 is 32.7. The van der Waals surface area contributed by atoms with Crippen LogP contribution in [-0.4, -0.2) is 34.3 Å². The predicted molar refractivity (Wildman–Crippen MR) is 110 cm³/mol. The molecule has 0 unspecified atom stereocenters. The van der Waals surface area contributed by atoms with E-state index in [0.29, 0.717) is 6.54 Å². The third kappa shape index (κ3) is 4.74. The van der Waals surface area contributed by atoms with Crippen molar-refractivity contribution in [2.24, 2.45) is 0 Å². The van der Waals surface area contributed by atoms with Crippen LogP contribution in [0.3, 0.4) is 0 Å². The van der Waals surface area contributed by atoms with Gasteiger partial charge in [0.15, 0.2) is 0 Å². The molecule has 160 valence electrons. The molecule has 0 fully saturated rings. The number of aromatic nitrogens is 2. The Bertz CT molecular complexity index is 1100. The van der Waals surface area contributed by atoms with Gasteiger partial charge in [0, 0.05) is 12.2 Å². The highest BCUT2D eigenvalue weighted by Crippen LogP contribution is 2.28. The molecule has 0 bridgehead atoms. The van der Waals surface area contributed by atoms with Crippen LogP contribution in [0.1, 0.15) is 28.2 Å². The maximum absolute atomic E-state index is 13.7. The fourth-order valence-corrected chi connectivity index (χ4v) is 3.98. The number of aryl methyl sites for hydroxylation is 1. The lowest BCUT2D eigenvalue weighted by atomic mass is 10.0. The molecule has 0 saturated carbocycles. The summed E-state index contributed by atoms with van der Waals surface area (Å²) in [5.74, 6) is -2.75. The number of hydrogen-bond donors (Lipinski definition) is 1. The number of carbonyl (C=O) groups is 2. The maximum Gasteiger partial charge on any atom is 0.277 e. The Kier molecular flexibility index (Phi) is 6.26. The molecule has 0 aliphatic carbocycles. The molecule has 2 amide bonds. The van der Waals surface area contributed by atoms with Gasteiger partial charge in [0.1, 0.15) is 17.2 Å². The first-order valence-corrected chi connectivity index (χ1v) is 10.6. The molecule has 1 N–H and O–H groups in total. The van der Waals surface area contributed by atoms with Crippen LogP contribution in [0.4, 0.5) is 14.5 Å². The summed E-state index contributed by atoms with van der Waals surface area (Å²) >= 11 is 1.09. The highest BCUT2D eigenvalue weighted by Gasteiger charge is 2.23. The van der Waals surface area contributed by atoms with E-state index < -0.39 is 23.1 Å². The molecule has 31 heavy (non-hydrogen) atoms. The van der Waals surface area contributed by atoms with Crippen molar-refractivity contribution in [3.8, 4) is 0 Å². The maximum atomic E-state index is 13.7. The Balaban J connectivity index is 1.32. The smallest absolute Gasteiger partial charge is 0.277 e. The highest BCUT2D eigenvalue weighted by molar-refractivity contribution is 7.99. The van der Waals surface area contributed by atoms with E-state index in [-0.39, 0.29) is 29.3 Å². The van der Waals surface area contributed by atoms with E-state index in [1.807, 2.05) is 24.3 Å². The number of carbonyl (C=O) groups excluding carboxylic acids is 2. The zero-order chi connectivity index (χ0) is 21.8. The minimum Gasteiger partial charge on any atom is -0.414 e. The lowest BCUT2D eigenvalue weighted by Crippen LogP contribution is -2.36. The van der Waals surface area contributed by atoms with Gasteiger partial charge in [-0.25, -0.2) is 8.78 Å². The van der Waals surface area contributed by atoms with Crippen LogP contribution in [0.5, 0.6) is 0 Å². The predicted octanol–water partition coefficient (Wildman–Crippen LogP) is 3.35. The molecule has 3 aromatic rings. The first-order chi connectivity index (χ1) is 15.0. The molecule has 0 saturated heterocycles. The monoisotopic (exact) mass is 444 g/mol. The molecular formula is C21H18F2N4O3S. The summed E-state index contributed by atoms with van der Waals surface area (Å²) in [6.07, 6.45) is 1.85. The standard InChI is InChI=1S/C21H18F2N4O3S/c22-14-7-3-8-15(23)19(14)20(29)24-11-17-25-26-21(30-17)31-12-18(28)27-10-4-6-13-5-1-2-9-16(13)27/h1-3,5,7-9H,4,6,10-12H2,(H,24,29). The van der Waals surface area contributed by atoms with Crippen LogP contribution >= 0.6 is 11.8 Å². The summed E-state index contributed by atoms with van der Waals surface area (Å²) in [5, 5.41) is 10.1. The fraction of sp³-hybridized carbons (Fsp3) is 0.238. The Morgan fingerprint density at radius 3 is 2.68 bits per heavy atom. The average Bonchev–Trinajstić information content (AvgIpc) is 3.23. The van der Waals surface area contributed by atoms with Gasteiger partial charge in [-0.2, -0.15) is 0 Å². The van der Waals surface area contributed by atoms with Crippen molar-refractivity contribution in [2.75, 3.05) is 17.2 Å². The van der Waals surface area contributed by atoms with Crippen LogP contribution in [0.15, 0.2) is 52.1 Å². The Hall–Kier alpha value is -3.27. The molecule has 1 aliphatic rings. The van der Waals surface area contributed by atoms with E-state index in [0.717, 1.165) is 48.0 Å². The number of anilines is 1. The lowest BCUT2D eigenvalue weighted by molar-refractivity contribution is -0.116. The quantitative estimate of drug-likeness (QED) is 0.587. The number of nitrogens with zero attached hydrogens (tertiary/aromatic N) is 3. The summed E-state index contributed by atoms with van der Waals surface area (Å²) in [5.41, 5.74) is 1.40. The SMILES string of the molecule is O=C(NCc1nnc(SCC(=O)N2CCCc3ccccc32)o1)c1c(F)cccc1F. The second kappa shape index (κ2) is 9.25. The van der Waals surface area contributed by atoms with Gasteiger partial charge in [-0.05, 0) is 36.6 Å². The number of halogens is 2. The second-order valence-electron chi connectivity index (χ2n) is 6.81. The third-order valence-corrected chi connectivity index (χ3v) is 5.57. The van der Waals surface area contributed by atoms with Gasteiger partial charge >= 0.3 is 0 Å². The first kappa shape index (κ1) is 21.0. The van der Waals surface area contributed by atoms with Crippen LogP contribution < -0.4 is 10.2 Å². The molecule has 2 aromatic carbocycles. The van der Waals surface area contributed by atoms with Crippen molar-refractivity contribution in [2.45, 2.75) is 24.6 Å². The van der Waals surface area contributed by atoms with E-state index in [1.54, 1.807) is 4.90 Å². The van der Waals surface area contributed by atoms with Gasteiger partial charge in [0.05, 0.1) is 12.3 Å². The third-order valence-electron chi connectivity index (χ3n) is 4.77. The number of rotatable bonds is 6. The summed E-state index contributed by atoms with van der Waals surface area (Å²) in [7, 11) is 0. The summed E-state index contributed by atoms with van der Waals surface area (Å²) in [6.45, 7) is 0.456. The number of para-hydroxylation sites is 1. The van der Waals surface area contributed by atoms with Crippen molar-refractivity contribution in [3.05, 3.63) is 71.1 Å². The fourth-order valence-electron chi connectivity index (χ4n) is 3.32. The number of thioether (sulfide) groups is 1. The van der Waals surface area contributed by atoms with Crippen molar-refractivity contribution < 1.29 is 22.8 Å². The Morgan fingerprint density at radius 2 is 1.87 bits per heavy atom. The topological polar surface area (TPSA) is 88.3 Å². The molecule has 10 heteroatoms. The summed E-state index contributed by atoms with van der Waals surface area (Å²) in [6, 6.07) is 11.0. The molecule has 0 spiro atoms. The largest absolute Gasteiger partial charge is 0.414 e. The van der Waals surface area contributed by atoms with Crippen molar-refractivity contribution in [1.82, 2.24) is 15.5 Å². The number of hydrogen-bond acceptors (Lipinski definition) is 6. The van der Waals surface area contributed by atoms with Crippen molar-refractivity contribution >= 4 is 29.3 Å². The van der Waals surface area contributed by atoms with Gasteiger partial charge in [-0.1, -0.05) is 36.0 Å². The Morgan fingerprint density at radius 1 is 1.10 bits per heavy atom. The molecule has 2 heterocycles. The van der Waals surface area contributed by atoms with Gasteiger partial charge in [-0.15, -0.1) is 10.2 Å². The van der Waals surface area contributed by atoms with E-state index in [1.165, 1.54) is 6.07 Å². The lowest BCUT2D eigenvalue weighted by Gasteiger charge is -2.29. The molecular weight excluding hydrogens is 426 g/mol. The van der Waals surface area contributed by atoms with Crippen LogP contribution in [-0.2, 0) is 17.8 Å². The molecule has 1 aliphatic heterocycles. The average molecular weight is 444 g/mol. The second-order valence-corrected chi connectivity index (χ2v) is 7.73. The number of benzene rings is 2. The Labute approximate surface area is 180 Å². The number of nitrogens with one attached hydrogen (secondary N) is 1. The van der Waals surface area contributed by atoms with E-state index in [2.05, 4.69) is 15.5 Å². The van der Waals surface area contributed by atoms with Gasteiger partial charge in [0.25, 0.3) is 11.1 Å². The molecule has 0 atom stereocenters. The number of amides is 2. The van der Waals surface area contributed by atoms with Crippen LogP contribution in [0, 0.1) is 11.6 Å². The van der Waals surface area contributed by atoms with Gasteiger partial charge in [0.2, 0.25) is 11.8 Å². The molecule has 0 radical (unpaired) electrons. The molecule has 4 rings (SSSR count). The van der Waals surface area contributed by atoms with Crippen LogP contribution in [0.2, 0.25) is 0 Å². The molecule has 7 nitrogen and oxygen atoms in total. The minimum atomic E-state index is -0.961. The van der Waals surface area contributed by atoms with Crippen molar-refractivity contribution in [3.63, 3.8) is 0 Å². The normalized spacial score (nSPS) is 13.0. The summed E-state index contributed by atoms with van der Waals surface area (Å²) in [4.78, 5) is 26.4. The van der Waals surface area contributed by atoms with E-state index in [4.69, 9.17) is 4.42 Å². The van der Waals surface area contributed by atoms with Crippen molar-refractivity contribution in [1.29, 1.82) is 0 Å². The zero-order valence-corrected chi connectivity index (χ0v) is 17.1. The van der Waals surface area contributed by atoms with Gasteiger partial charge < -0.3 is 14.6 Å². The highest BCUT2D eigenvalue weighted by atomic mass is 32.2. The number of fused-ring (bicyclic) bond motifs is 1.